The Kier molecular flexibility index (Phi) is 2.40. The van der Waals surface area contributed by atoms with Crippen LogP contribution in [0.4, 0.5) is 0 Å². The quantitative estimate of drug-likeness (QED) is 0.375. The van der Waals surface area contributed by atoms with E-state index in [0.717, 1.165) is 12.8 Å². The van der Waals surface area contributed by atoms with E-state index in [2.05, 4.69) is 20.4 Å². The van der Waals surface area contributed by atoms with Crippen molar-refractivity contribution in [3.05, 3.63) is 12.2 Å². The zero-order chi connectivity index (χ0) is 7.72. The number of hydrogen-bond acceptors (Lipinski definition) is 0. The Balaban J connectivity index is 2.54. The van der Waals surface area contributed by atoms with Crippen LogP contribution in [0, 0.1) is 11.8 Å². The molecule has 3 unspecified atom stereocenters. The highest BCUT2D eigenvalue weighted by atomic mass is 35.5. The van der Waals surface area contributed by atoms with Crippen molar-refractivity contribution in [2.24, 2.45) is 11.8 Å². The predicted octanol–water partition coefficient (Wildman–Crippen LogP) is 3.22. The van der Waals surface area contributed by atoms with Crippen molar-refractivity contribution in [2.45, 2.75) is 32.1 Å². The van der Waals surface area contributed by atoms with Gasteiger partial charge in [0.25, 0.3) is 0 Å². The molecule has 0 aromatic carbocycles. The molecule has 0 spiro atoms. The minimum atomic E-state index is 0.375. The molecule has 1 fully saturated rings. The summed E-state index contributed by atoms with van der Waals surface area (Å²) in [5, 5.41) is 0.375. The van der Waals surface area contributed by atoms with Crippen molar-refractivity contribution in [1.82, 2.24) is 0 Å². The van der Waals surface area contributed by atoms with E-state index in [1.54, 1.807) is 0 Å². The molecule has 58 valence electrons. The van der Waals surface area contributed by atoms with Crippen molar-refractivity contribution in [3.63, 3.8) is 0 Å². The zero-order valence-corrected chi connectivity index (χ0v) is 7.49. The van der Waals surface area contributed by atoms with Crippen molar-refractivity contribution in [1.29, 1.82) is 0 Å². The Labute approximate surface area is 68.3 Å². The van der Waals surface area contributed by atoms with Gasteiger partial charge in [0.1, 0.15) is 0 Å². The topological polar surface area (TPSA) is 0 Å². The van der Waals surface area contributed by atoms with Gasteiger partial charge in [0.2, 0.25) is 0 Å². The van der Waals surface area contributed by atoms with Gasteiger partial charge in [0.05, 0.1) is 0 Å². The molecular formula is C9H15Cl. The van der Waals surface area contributed by atoms with E-state index >= 15 is 0 Å². The molecule has 3 atom stereocenters. The van der Waals surface area contributed by atoms with E-state index < -0.39 is 0 Å². The Morgan fingerprint density at radius 3 is 2.60 bits per heavy atom. The minimum Gasteiger partial charge on any atom is -0.123 e. The summed E-state index contributed by atoms with van der Waals surface area (Å²) >= 11 is 6.09. The summed E-state index contributed by atoms with van der Waals surface area (Å²) in [7, 11) is 0. The smallest absolute Gasteiger partial charge is 0.0370 e. The molecule has 0 heterocycles. The second-order valence-electron chi connectivity index (χ2n) is 3.49. The molecule has 0 N–H and O–H groups in total. The van der Waals surface area contributed by atoms with Crippen LogP contribution in [0.3, 0.4) is 0 Å². The number of halogens is 1. The first-order valence-electron chi connectivity index (χ1n) is 3.93. The molecule has 0 aromatic rings. The van der Waals surface area contributed by atoms with Gasteiger partial charge in [-0.25, -0.2) is 0 Å². The summed E-state index contributed by atoms with van der Waals surface area (Å²) in [6.07, 6.45) is 2.23. The second kappa shape index (κ2) is 2.96. The lowest BCUT2D eigenvalue weighted by Crippen LogP contribution is -2.23. The molecule has 0 saturated heterocycles. The molecule has 1 aliphatic rings. The maximum atomic E-state index is 6.09. The van der Waals surface area contributed by atoms with Crippen LogP contribution in [0.25, 0.3) is 0 Å². The minimum absolute atomic E-state index is 0.375. The lowest BCUT2D eigenvalue weighted by atomic mass is 9.80. The Bertz CT molecular complexity index is 140. The normalized spacial score (nSPS) is 41.9. The summed E-state index contributed by atoms with van der Waals surface area (Å²) in [6, 6.07) is 0. The monoisotopic (exact) mass is 158 g/mol. The van der Waals surface area contributed by atoms with Gasteiger partial charge in [-0.05, 0) is 24.7 Å². The van der Waals surface area contributed by atoms with Gasteiger partial charge in [0.15, 0.2) is 0 Å². The summed E-state index contributed by atoms with van der Waals surface area (Å²) in [5.74, 6) is 1.27. The molecule has 0 bridgehead atoms. The summed E-state index contributed by atoms with van der Waals surface area (Å²) < 4.78 is 0. The van der Waals surface area contributed by atoms with Crippen LogP contribution in [-0.2, 0) is 0 Å². The van der Waals surface area contributed by atoms with E-state index in [9.17, 15) is 0 Å². The molecule has 1 rings (SSSR count). The first kappa shape index (κ1) is 8.13. The van der Waals surface area contributed by atoms with Gasteiger partial charge in [0, 0.05) is 5.38 Å². The van der Waals surface area contributed by atoms with Crippen molar-refractivity contribution in [2.75, 3.05) is 0 Å². The SMILES string of the molecule is C=C1CC(C)C(Cl)CC1C. The fourth-order valence-electron chi connectivity index (χ4n) is 1.48. The van der Waals surface area contributed by atoms with Crippen LogP contribution in [0.5, 0.6) is 0 Å². The van der Waals surface area contributed by atoms with Gasteiger partial charge in [-0.1, -0.05) is 26.0 Å². The molecule has 0 nitrogen and oxygen atoms in total. The third-order valence-corrected chi connectivity index (χ3v) is 3.09. The first-order chi connectivity index (χ1) is 4.61. The summed E-state index contributed by atoms with van der Waals surface area (Å²) in [6.45, 7) is 8.44. The largest absolute Gasteiger partial charge is 0.123 e. The first-order valence-corrected chi connectivity index (χ1v) is 4.36. The van der Waals surface area contributed by atoms with Crippen LogP contribution in [0.1, 0.15) is 26.7 Å². The fourth-order valence-corrected chi connectivity index (χ4v) is 1.84. The molecule has 0 radical (unpaired) electrons. The van der Waals surface area contributed by atoms with Crippen LogP contribution in [-0.4, -0.2) is 5.38 Å². The van der Waals surface area contributed by atoms with Crippen LogP contribution in [0.2, 0.25) is 0 Å². The van der Waals surface area contributed by atoms with Crippen LogP contribution >= 0.6 is 11.6 Å². The van der Waals surface area contributed by atoms with E-state index in [4.69, 9.17) is 11.6 Å². The van der Waals surface area contributed by atoms with E-state index in [0.29, 0.717) is 17.2 Å². The van der Waals surface area contributed by atoms with E-state index in [1.807, 2.05) is 0 Å². The van der Waals surface area contributed by atoms with Gasteiger partial charge >= 0.3 is 0 Å². The number of alkyl halides is 1. The van der Waals surface area contributed by atoms with Gasteiger partial charge in [-0.2, -0.15) is 0 Å². The molecule has 0 aromatic heterocycles. The molecule has 0 amide bonds. The maximum absolute atomic E-state index is 6.09. The second-order valence-corrected chi connectivity index (χ2v) is 4.05. The summed E-state index contributed by atoms with van der Waals surface area (Å²) in [5.41, 5.74) is 1.38. The van der Waals surface area contributed by atoms with E-state index in [-0.39, 0.29) is 0 Å². The highest BCUT2D eigenvalue weighted by Crippen LogP contribution is 2.34. The fraction of sp³-hybridized carbons (Fsp3) is 0.778. The van der Waals surface area contributed by atoms with Crippen molar-refractivity contribution >= 4 is 11.6 Å². The van der Waals surface area contributed by atoms with Crippen molar-refractivity contribution in [3.8, 4) is 0 Å². The highest BCUT2D eigenvalue weighted by Gasteiger charge is 2.25. The lowest BCUT2D eigenvalue weighted by Gasteiger charge is -2.30. The molecule has 1 saturated carbocycles. The summed E-state index contributed by atoms with van der Waals surface area (Å²) in [4.78, 5) is 0. The van der Waals surface area contributed by atoms with Gasteiger partial charge < -0.3 is 0 Å². The van der Waals surface area contributed by atoms with Gasteiger partial charge in [-0.15, -0.1) is 11.6 Å². The lowest BCUT2D eigenvalue weighted by molar-refractivity contribution is 0.395. The maximum Gasteiger partial charge on any atom is 0.0370 e. The Hall–Kier alpha value is 0.0300. The van der Waals surface area contributed by atoms with Crippen LogP contribution in [0.15, 0.2) is 12.2 Å². The molecule has 1 aliphatic carbocycles. The van der Waals surface area contributed by atoms with Crippen LogP contribution < -0.4 is 0 Å². The predicted molar refractivity (Wildman–Crippen MR) is 46.3 cm³/mol. The third kappa shape index (κ3) is 1.54. The highest BCUT2D eigenvalue weighted by molar-refractivity contribution is 6.20. The third-order valence-electron chi connectivity index (χ3n) is 2.48. The zero-order valence-electron chi connectivity index (χ0n) is 6.73. The average Bonchev–Trinajstić information content (AvgIpc) is 1.84. The Morgan fingerprint density at radius 2 is 2.10 bits per heavy atom. The molecule has 1 heteroatoms. The molecule has 10 heavy (non-hydrogen) atoms. The van der Waals surface area contributed by atoms with Gasteiger partial charge in [-0.3, -0.25) is 0 Å². The Morgan fingerprint density at radius 1 is 1.50 bits per heavy atom. The van der Waals surface area contributed by atoms with E-state index in [1.165, 1.54) is 5.57 Å². The standard InChI is InChI=1S/C9H15Cl/c1-6-4-8(3)9(10)5-7(6)2/h7-9H,1,4-5H2,2-3H3. The average molecular weight is 159 g/mol. The molecular weight excluding hydrogens is 144 g/mol. The van der Waals surface area contributed by atoms with Crippen molar-refractivity contribution < 1.29 is 0 Å². The molecule has 0 aliphatic heterocycles. The number of allylic oxidation sites excluding steroid dienone is 1. The number of hydrogen-bond donors (Lipinski definition) is 0. The number of rotatable bonds is 0.